The van der Waals surface area contributed by atoms with Crippen LogP contribution >= 0.6 is 0 Å². The lowest BCUT2D eigenvalue weighted by Crippen LogP contribution is -2.08. The summed E-state index contributed by atoms with van der Waals surface area (Å²) in [6, 6.07) is 13.4. The van der Waals surface area contributed by atoms with Crippen molar-refractivity contribution < 1.29 is 14.4 Å². The van der Waals surface area contributed by atoms with Gasteiger partial charge < -0.3 is 9.57 Å². The SMILES string of the molecule is CCOC(=O)CCCCCO/N=C(/c1ccccc1)c1cccnn1. The molecule has 0 aliphatic rings. The van der Waals surface area contributed by atoms with Crippen LogP contribution in [-0.2, 0) is 14.4 Å². The second-order valence-corrected chi connectivity index (χ2v) is 5.36. The first kappa shape index (κ1) is 18.6. The monoisotopic (exact) mass is 341 g/mol. The molecule has 0 aliphatic heterocycles. The van der Waals surface area contributed by atoms with Crippen LogP contribution in [0, 0.1) is 0 Å². The van der Waals surface area contributed by atoms with Crippen molar-refractivity contribution in [3.63, 3.8) is 0 Å². The van der Waals surface area contributed by atoms with E-state index < -0.39 is 0 Å². The highest BCUT2D eigenvalue weighted by atomic mass is 16.6. The Morgan fingerprint density at radius 1 is 1.08 bits per heavy atom. The summed E-state index contributed by atoms with van der Waals surface area (Å²) in [5.74, 6) is -0.143. The lowest BCUT2D eigenvalue weighted by molar-refractivity contribution is -0.143. The largest absolute Gasteiger partial charge is 0.466 e. The highest BCUT2D eigenvalue weighted by Crippen LogP contribution is 2.09. The fourth-order valence-corrected chi connectivity index (χ4v) is 2.23. The molecule has 0 spiro atoms. The second kappa shape index (κ2) is 10.9. The number of oxime groups is 1. The second-order valence-electron chi connectivity index (χ2n) is 5.36. The Kier molecular flexibility index (Phi) is 8.11. The van der Waals surface area contributed by atoms with Crippen molar-refractivity contribution in [2.75, 3.05) is 13.2 Å². The van der Waals surface area contributed by atoms with E-state index in [-0.39, 0.29) is 5.97 Å². The van der Waals surface area contributed by atoms with Gasteiger partial charge in [-0.2, -0.15) is 5.10 Å². The number of carbonyl (C=O) groups is 1. The Hall–Kier alpha value is -2.76. The average molecular weight is 341 g/mol. The van der Waals surface area contributed by atoms with Crippen molar-refractivity contribution in [1.82, 2.24) is 10.2 Å². The van der Waals surface area contributed by atoms with Gasteiger partial charge in [0.1, 0.15) is 18.0 Å². The topological polar surface area (TPSA) is 73.7 Å². The number of unbranched alkanes of at least 4 members (excludes halogenated alkanes) is 2. The maximum absolute atomic E-state index is 11.2. The minimum Gasteiger partial charge on any atom is -0.466 e. The molecule has 0 bridgehead atoms. The molecule has 0 aliphatic carbocycles. The van der Waals surface area contributed by atoms with E-state index in [4.69, 9.17) is 9.57 Å². The molecule has 1 heterocycles. The zero-order valence-corrected chi connectivity index (χ0v) is 14.4. The van der Waals surface area contributed by atoms with E-state index in [0.717, 1.165) is 24.8 Å². The van der Waals surface area contributed by atoms with Crippen LogP contribution in [0.15, 0.2) is 53.8 Å². The van der Waals surface area contributed by atoms with Crippen molar-refractivity contribution >= 4 is 11.7 Å². The zero-order valence-electron chi connectivity index (χ0n) is 14.4. The summed E-state index contributed by atoms with van der Waals surface area (Å²) in [6.07, 6.45) is 4.58. The summed E-state index contributed by atoms with van der Waals surface area (Å²) >= 11 is 0. The van der Waals surface area contributed by atoms with Crippen LogP contribution in [0.1, 0.15) is 43.9 Å². The Morgan fingerprint density at radius 2 is 1.92 bits per heavy atom. The third-order valence-electron chi connectivity index (χ3n) is 3.44. The van der Waals surface area contributed by atoms with Crippen molar-refractivity contribution in [2.45, 2.75) is 32.6 Å². The molecule has 0 radical (unpaired) electrons. The number of rotatable bonds is 10. The van der Waals surface area contributed by atoms with Crippen LogP contribution in [0.3, 0.4) is 0 Å². The maximum Gasteiger partial charge on any atom is 0.305 e. The first-order valence-corrected chi connectivity index (χ1v) is 8.50. The molecular weight excluding hydrogens is 318 g/mol. The summed E-state index contributed by atoms with van der Waals surface area (Å²) in [5, 5.41) is 12.3. The molecule has 0 amide bonds. The summed E-state index contributed by atoms with van der Waals surface area (Å²) < 4.78 is 4.89. The van der Waals surface area contributed by atoms with Gasteiger partial charge in [0, 0.05) is 18.2 Å². The van der Waals surface area contributed by atoms with E-state index in [0.29, 0.717) is 31.0 Å². The molecule has 0 saturated carbocycles. The van der Waals surface area contributed by atoms with Gasteiger partial charge in [-0.15, -0.1) is 5.10 Å². The molecule has 6 nitrogen and oxygen atoms in total. The third kappa shape index (κ3) is 6.71. The van der Waals surface area contributed by atoms with Gasteiger partial charge in [-0.25, -0.2) is 0 Å². The number of benzene rings is 1. The minimum absolute atomic E-state index is 0.143. The molecule has 25 heavy (non-hydrogen) atoms. The van der Waals surface area contributed by atoms with Gasteiger partial charge in [0.05, 0.1) is 6.61 Å². The normalized spacial score (nSPS) is 11.2. The van der Waals surface area contributed by atoms with Crippen molar-refractivity contribution in [3.8, 4) is 0 Å². The lowest BCUT2D eigenvalue weighted by atomic mass is 10.1. The van der Waals surface area contributed by atoms with E-state index in [9.17, 15) is 4.79 Å². The number of esters is 1. The number of aromatic nitrogens is 2. The van der Waals surface area contributed by atoms with Gasteiger partial charge in [-0.3, -0.25) is 4.79 Å². The minimum atomic E-state index is -0.143. The van der Waals surface area contributed by atoms with Crippen molar-refractivity contribution in [3.05, 3.63) is 59.9 Å². The summed E-state index contributed by atoms with van der Waals surface area (Å²) in [7, 11) is 0. The number of ether oxygens (including phenoxy) is 1. The van der Waals surface area contributed by atoms with Gasteiger partial charge in [0.25, 0.3) is 0 Å². The molecule has 0 atom stereocenters. The predicted octanol–water partition coefficient (Wildman–Crippen LogP) is 3.37. The molecule has 2 rings (SSSR count). The Balaban J connectivity index is 1.84. The Labute approximate surface area is 147 Å². The molecule has 132 valence electrons. The number of hydrogen-bond acceptors (Lipinski definition) is 6. The molecule has 0 N–H and O–H groups in total. The first-order valence-electron chi connectivity index (χ1n) is 8.50. The van der Waals surface area contributed by atoms with Crippen LogP contribution in [0.2, 0.25) is 0 Å². The number of carbonyl (C=O) groups excluding carboxylic acids is 1. The maximum atomic E-state index is 11.2. The highest BCUT2D eigenvalue weighted by molar-refractivity contribution is 6.11. The third-order valence-corrected chi connectivity index (χ3v) is 3.44. The smallest absolute Gasteiger partial charge is 0.305 e. The van der Waals surface area contributed by atoms with Gasteiger partial charge in [0.15, 0.2) is 0 Å². The van der Waals surface area contributed by atoms with Gasteiger partial charge in [-0.1, -0.05) is 35.5 Å². The highest BCUT2D eigenvalue weighted by Gasteiger charge is 2.09. The zero-order chi connectivity index (χ0) is 17.7. The number of hydrogen-bond donors (Lipinski definition) is 0. The molecule has 0 unspecified atom stereocenters. The van der Waals surface area contributed by atoms with Crippen LogP contribution in [0.4, 0.5) is 0 Å². The predicted molar refractivity (Wildman–Crippen MR) is 95.2 cm³/mol. The van der Waals surface area contributed by atoms with Gasteiger partial charge >= 0.3 is 5.97 Å². The fourth-order valence-electron chi connectivity index (χ4n) is 2.23. The van der Waals surface area contributed by atoms with Crippen LogP contribution in [0.5, 0.6) is 0 Å². The molecule has 2 aromatic rings. The van der Waals surface area contributed by atoms with E-state index in [2.05, 4.69) is 15.4 Å². The Morgan fingerprint density at radius 3 is 2.64 bits per heavy atom. The van der Waals surface area contributed by atoms with Gasteiger partial charge in [0.2, 0.25) is 0 Å². The summed E-state index contributed by atoms with van der Waals surface area (Å²) in [6.45, 7) is 2.73. The molecule has 1 aromatic heterocycles. The first-order chi connectivity index (χ1) is 12.3. The van der Waals surface area contributed by atoms with E-state index in [1.54, 1.807) is 6.20 Å². The van der Waals surface area contributed by atoms with Crippen molar-refractivity contribution in [1.29, 1.82) is 0 Å². The summed E-state index contributed by atoms with van der Waals surface area (Å²) in [5.41, 5.74) is 2.24. The number of nitrogens with zero attached hydrogens (tertiary/aromatic N) is 3. The van der Waals surface area contributed by atoms with E-state index >= 15 is 0 Å². The van der Waals surface area contributed by atoms with Crippen LogP contribution in [-0.4, -0.2) is 35.1 Å². The molecule has 0 fully saturated rings. The molecule has 1 aromatic carbocycles. The lowest BCUT2D eigenvalue weighted by Gasteiger charge is -2.06. The Bertz CT molecular complexity index is 619. The van der Waals surface area contributed by atoms with Crippen LogP contribution < -0.4 is 0 Å². The fraction of sp³-hybridized carbons (Fsp3) is 0.368. The standard InChI is InChI=1S/C19H23N3O3/c1-2-24-18(23)13-7-4-8-15-25-22-19(16-10-5-3-6-11-16)17-12-9-14-20-21-17/h3,5-6,9-12,14H,2,4,7-8,13,15H2,1H3/b22-19-. The quantitative estimate of drug-likeness (QED) is 0.287. The molecule has 6 heteroatoms. The van der Waals surface area contributed by atoms with E-state index in [1.165, 1.54) is 0 Å². The van der Waals surface area contributed by atoms with Gasteiger partial charge in [-0.05, 0) is 38.3 Å². The van der Waals surface area contributed by atoms with Crippen molar-refractivity contribution in [2.24, 2.45) is 5.16 Å². The molecular formula is C19H23N3O3. The average Bonchev–Trinajstić information content (AvgIpc) is 2.65. The molecule has 0 saturated heterocycles. The summed E-state index contributed by atoms with van der Waals surface area (Å²) in [4.78, 5) is 16.7. The van der Waals surface area contributed by atoms with E-state index in [1.807, 2.05) is 49.4 Å². The van der Waals surface area contributed by atoms with Crippen LogP contribution in [0.25, 0.3) is 0 Å².